The maximum Gasteiger partial charge on any atom is 0.291 e. The number of ether oxygens (including phenoxy) is 1. The molecule has 46 heavy (non-hydrogen) atoms. The number of piperidine rings is 1. The van der Waals surface area contributed by atoms with E-state index in [0.717, 1.165) is 6.41 Å². The molecule has 6 rings (SSSR count). The molecule has 0 radical (unpaired) electrons. The van der Waals surface area contributed by atoms with Gasteiger partial charge in [-0.2, -0.15) is 5.10 Å². The third-order valence-electron chi connectivity index (χ3n) is 8.85. The minimum Gasteiger partial charge on any atom is -0.383 e. The average Bonchev–Trinajstić information content (AvgIpc) is 3.34. The predicted molar refractivity (Wildman–Crippen MR) is 166 cm³/mol. The Hall–Kier alpha value is -4.62. The fourth-order valence-electron chi connectivity index (χ4n) is 6.35. The molecule has 3 heterocycles. The number of halogens is 3. The Morgan fingerprint density at radius 3 is 2.46 bits per heavy atom. The zero-order valence-corrected chi connectivity index (χ0v) is 26.4. The molecule has 3 amide bonds. The lowest BCUT2D eigenvalue weighted by Gasteiger charge is -2.15. The van der Waals surface area contributed by atoms with E-state index in [1.807, 2.05) is 0 Å². The Balaban J connectivity index is 1.16. The highest BCUT2D eigenvalue weighted by atomic mass is 35.5. The molecule has 3 atom stereocenters. The second kappa shape index (κ2) is 12.3. The van der Waals surface area contributed by atoms with Crippen LogP contribution in [0.15, 0.2) is 36.5 Å². The normalized spacial score (nSPS) is 18.4. The molecule has 0 unspecified atom stereocenters. The minimum absolute atomic E-state index is 0.00426. The van der Waals surface area contributed by atoms with Crippen LogP contribution in [0.5, 0.6) is 0 Å². The number of fused-ring (bicyclic) bond motifs is 1. The van der Waals surface area contributed by atoms with Crippen molar-refractivity contribution in [3.8, 4) is 22.4 Å². The van der Waals surface area contributed by atoms with Gasteiger partial charge in [0.2, 0.25) is 6.41 Å². The van der Waals surface area contributed by atoms with Gasteiger partial charge in [-0.15, -0.1) is 0 Å². The van der Waals surface area contributed by atoms with Crippen molar-refractivity contribution in [2.75, 3.05) is 32.1 Å². The fraction of sp³-hybridized carbons (Fsp3) is 0.344. The molecule has 2 fully saturated rings. The molecule has 0 bridgehead atoms. The van der Waals surface area contributed by atoms with Gasteiger partial charge in [0.1, 0.15) is 0 Å². The van der Waals surface area contributed by atoms with Crippen LogP contribution >= 0.6 is 11.6 Å². The number of nitrogens with one attached hydrogen (secondary N) is 2. The quantitative estimate of drug-likeness (QED) is 0.248. The number of benzene rings is 2. The Morgan fingerprint density at radius 2 is 1.78 bits per heavy atom. The van der Waals surface area contributed by atoms with Crippen LogP contribution in [0.25, 0.3) is 22.4 Å². The van der Waals surface area contributed by atoms with E-state index in [0.29, 0.717) is 48.9 Å². The summed E-state index contributed by atoms with van der Waals surface area (Å²) in [5.41, 5.74) is 2.55. The number of carbonyl (C=O) groups is 3. The number of nitrogens with zero attached hydrogens (tertiary/aromatic N) is 5. The van der Waals surface area contributed by atoms with Crippen molar-refractivity contribution >= 4 is 35.5 Å². The molecule has 2 N–H and O–H groups in total. The number of aromatic nitrogens is 4. The first-order valence-corrected chi connectivity index (χ1v) is 15.1. The summed E-state index contributed by atoms with van der Waals surface area (Å²) in [5, 5.41) is 10.2. The molecule has 0 spiro atoms. The highest BCUT2D eigenvalue weighted by molar-refractivity contribution is 6.34. The molecule has 2 aromatic heterocycles. The van der Waals surface area contributed by atoms with Gasteiger partial charge in [-0.1, -0.05) is 17.7 Å². The SMILES string of the molecule is COCCn1nc(C)c(-c2ccc(-c3cnc(C(=O)Nc4ccc(C(=O)N[C@H]5[C@@H]6CN(C=O)C[C@@H]65)c(Cl)c4)n3C)c(F)c2F)c1C. The molecule has 1 saturated heterocycles. The van der Waals surface area contributed by atoms with E-state index >= 15 is 8.78 Å². The zero-order chi connectivity index (χ0) is 32.9. The standard InChI is InChI=1S/C32H32ClF2N7O4/c1-16-26(17(2)42(39-16)9-10-46-4)21-8-7-20(27(34)28(21)35)25-12-36-30(40(25)3)32(45)37-18-5-6-19(24(33)11-18)31(44)38-29-22-13-41(15-43)14-23(22)29/h5-8,11-12,15,22-23,29H,9-10,13-14H2,1-4H3,(H,37,45)(H,38,44)/t22-,23+,29+. The third-order valence-corrected chi connectivity index (χ3v) is 9.16. The van der Waals surface area contributed by atoms with Gasteiger partial charge in [0.25, 0.3) is 11.8 Å². The van der Waals surface area contributed by atoms with Gasteiger partial charge < -0.3 is 24.8 Å². The predicted octanol–water partition coefficient (Wildman–Crippen LogP) is 4.21. The molecule has 1 aliphatic carbocycles. The Morgan fingerprint density at radius 1 is 1.09 bits per heavy atom. The van der Waals surface area contributed by atoms with Crippen molar-refractivity contribution in [1.82, 2.24) is 29.5 Å². The van der Waals surface area contributed by atoms with Crippen LogP contribution in [-0.2, 0) is 23.1 Å². The Labute approximate surface area is 268 Å². The van der Waals surface area contributed by atoms with Crippen LogP contribution in [0.2, 0.25) is 5.02 Å². The van der Waals surface area contributed by atoms with E-state index in [2.05, 4.69) is 20.7 Å². The van der Waals surface area contributed by atoms with E-state index < -0.39 is 17.5 Å². The second-order valence-corrected chi connectivity index (χ2v) is 12.0. The van der Waals surface area contributed by atoms with Crippen LogP contribution in [0.1, 0.15) is 32.4 Å². The molecular weight excluding hydrogens is 620 g/mol. The average molecular weight is 652 g/mol. The number of carbonyl (C=O) groups excluding carboxylic acids is 3. The first kappa shape index (κ1) is 31.4. The molecule has 14 heteroatoms. The van der Waals surface area contributed by atoms with Gasteiger partial charge >= 0.3 is 0 Å². The van der Waals surface area contributed by atoms with E-state index in [1.165, 1.54) is 42.1 Å². The molecular formula is C32H32ClF2N7O4. The third kappa shape index (κ3) is 5.53. The summed E-state index contributed by atoms with van der Waals surface area (Å²) >= 11 is 6.40. The lowest BCUT2D eigenvalue weighted by molar-refractivity contribution is -0.117. The fourth-order valence-corrected chi connectivity index (χ4v) is 6.61. The van der Waals surface area contributed by atoms with Gasteiger partial charge in [-0.05, 0) is 38.1 Å². The number of hydrogen-bond acceptors (Lipinski definition) is 6. The molecule has 2 aromatic carbocycles. The largest absolute Gasteiger partial charge is 0.383 e. The highest BCUT2D eigenvalue weighted by Gasteiger charge is 2.56. The van der Waals surface area contributed by atoms with Crippen molar-refractivity contribution in [3.05, 3.63) is 76.0 Å². The van der Waals surface area contributed by atoms with Gasteiger partial charge in [-0.25, -0.2) is 13.8 Å². The van der Waals surface area contributed by atoms with Crippen LogP contribution < -0.4 is 10.6 Å². The van der Waals surface area contributed by atoms with E-state index in [1.54, 1.807) is 36.6 Å². The van der Waals surface area contributed by atoms with Crippen molar-refractivity contribution < 1.29 is 27.9 Å². The smallest absolute Gasteiger partial charge is 0.291 e. The topological polar surface area (TPSA) is 123 Å². The van der Waals surface area contributed by atoms with Crippen LogP contribution in [0, 0.1) is 37.3 Å². The number of imidazole rings is 1. The first-order valence-electron chi connectivity index (χ1n) is 14.7. The lowest BCUT2D eigenvalue weighted by Crippen LogP contribution is -2.34. The maximum atomic E-state index is 15.5. The van der Waals surface area contributed by atoms with Crippen LogP contribution in [0.3, 0.4) is 0 Å². The Bertz CT molecular complexity index is 1860. The van der Waals surface area contributed by atoms with E-state index in [9.17, 15) is 14.4 Å². The molecule has 11 nitrogen and oxygen atoms in total. The number of anilines is 1. The monoisotopic (exact) mass is 651 g/mol. The summed E-state index contributed by atoms with van der Waals surface area (Å²) in [6.45, 7) is 5.68. The maximum absolute atomic E-state index is 15.5. The van der Waals surface area contributed by atoms with Gasteiger partial charge in [-0.3, -0.25) is 19.1 Å². The molecule has 1 saturated carbocycles. The molecule has 4 aromatic rings. The number of aryl methyl sites for hydroxylation is 1. The van der Waals surface area contributed by atoms with Gasteiger partial charge in [0.15, 0.2) is 17.5 Å². The van der Waals surface area contributed by atoms with Gasteiger partial charge in [0.05, 0.1) is 41.3 Å². The van der Waals surface area contributed by atoms with E-state index in [4.69, 9.17) is 16.3 Å². The summed E-state index contributed by atoms with van der Waals surface area (Å²) < 4.78 is 39.3. The molecule has 1 aliphatic heterocycles. The minimum atomic E-state index is -1.08. The number of amides is 3. The summed E-state index contributed by atoms with van der Waals surface area (Å²) in [7, 11) is 3.10. The molecule has 2 aliphatic rings. The van der Waals surface area contributed by atoms with Crippen molar-refractivity contribution in [2.24, 2.45) is 18.9 Å². The number of hydrogen-bond donors (Lipinski definition) is 2. The summed E-state index contributed by atoms with van der Waals surface area (Å²) in [5.74, 6) is -2.60. The summed E-state index contributed by atoms with van der Waals surface area (Å²) in [6.07, 6.45) is 2.12. The van der Waals surface area contributed by atoms with Crippen LogP contribution in [0.4, 0.5) is 14.5 Å². The second-order valence-electron chi connectivity index (χ2n) is 11.6. The highest BCUT2D eigenvalue weighted by Crippen LogP contribution is 2.45. The number of methoxy groups -OCH3 is 1. The number of likely N-dealkylation sites (tertiary alicyclic amines) is 1. The summed E-state index contributed by atoms with van der Waals surface area (Å²) in [6, 6.07) is 7.46. The Kier molecular flexibility index (Phi) is 8.38. The van der Waals surface area contributed by atoms with Crippen molar-refractivity contribution in [1.29, 1.82) is 0 Å². The number of rotatable bonds is 10. The zero-order valence-electron chi connectivity index (χ0n) is 25.6. The molecule has 240 valence electrons. The van der Waals surface area contributed by atoms with Gasteiger partial charge in [0, 0.05) is 73.2 Å². The van der Waals surface area contributed by atoms with Crippen LogP contribution in [-0.4, -0.2) is 75.3 Å². The lowest BCUT2D eigenvalue weighted by atomic mass is 10.00. The first-order chi connectivity index (χ1) is 22.0. The van der Waals surface area contributed by atoms with Crippen molar-refractivity contribution in [3.63, 3.8) is 0 Å². The van der Waals surface area contributed by atoms with E-state index in [-0.39, 0.29) is 57.0 Å². The van der Waals surface area contributed by atoms with Crippen molar-refractivity contribution in [2.45, 2.75) is 26.4 Å². The summed E-state index contributed by atoms with van der Waals surface area (Å²) in [4.78, 5) is 42.7.